The maximum Gasteiger partial charge on any atom is 0.252 e. The lowest BCUT2D eigenvalue weighted by molar-refractivity contribution is 0.669. The zero-order valence-corrected chi connectivity index (χ0v) is 64.9. The van der Waals surface area contributed by atoms with Gasteiger partial charge in [-0.2, -0.15) is 0 Å². The van der Waals surface area contributed by atoms with Gasteiger partial charge in [-0.15, -0.1) is 0 Å². The number of furan rings is 2. The number of fused-ring (bicyclic) bond motifs is 13. The minimum absolute atomic E-state index is 0.400. The highest BCUT2D eigenvalue weighted by atomic mass is 28.3. The molecular formula is C105H69BN6O2Si2. The second-order valence-corrected chi connectivity index (χ2v) is 38.1. The Morgan fingerprint density at radius 3 is 0.974 bits per heavy atom. The van der Waals surface area contributed by atoms with E-state index >= 15 is 0 Å². The second-order valence-electron chi connectivity index (χ2n) is 30.4. The predicted molar refractivity (Wildman–Crippen MR) is 486 cm³/mol. The van der Waals surface area contributed by atoms with E-state index in [1.165, 1.54) is 52.3 Å². The average Bonchev–Trinajstić information content (AvgIpc) is 1.24. The van der Waals surface area contributed by atoms with E-state index in [0.717, 1.165) is 128 Å². The van der Waals surface area contributed by atoms with E-state index in [0.29, 0.717) is 17.5 Å². The molecule has 2 aliphatic heterocycles. The lowest BCUT2D eigenvalue weighted by atomic mass is 9.33. The Bertz CT molecular complexity index is 6870. The van der Waals surface area contributed by atoms with E-state index in [9.17, 15) is 0 Å². The van der Waals surface area contributed by atoms with Crippen molar-refractivity contribution in [2.75, 3.05) is 9.80 Å². The molecule has 0 saturated heterocycles. The van der Waals surface area contributed by atoms with Crippen LogP contribution in [-0.4, -0.2) is 42.4 Å². The summed E-state index contributed by atoms with van der Waals surface area (Å²) >= 11 is 0. The molecule has 116 heavy (non-hydrogen) atoms. The molecule has 2 aliphatic rings. The molecule has 6 heterocycles. The van der Waals surface area contributed by atoms with Crippen molar-refractivity contribution >= 4 is 181 Å². The summed E-state index contributed by atoms with van der Waals surface area (Å²) in [7, 11) is -6.36. The fraction of sp³-hybridized carbons (Fsp3) is 0. The first-order valence-corrected chi connectivity index (χ1v) is 43.6. The molecule has 0 spiro atoms. The molecule has 0 N–H and O–H groups in total. The fourth-order valence-electron chi connectivity index (χ4n) is 19.3. The molecule has 0 amide bonds. The van der Waals surface area contributed by atoms with Gasteiger partial charge in [0.05, 0.1) is 11.0 Å². The smallest absolute Gasteiger partial charge is 0.252 e. The van der Waals surface area contributed by atoms with Crippen molar-refractivity contribution in [1.29, 1.82) is 0 Å². The zero-order valence-electron chi connectivity index (χ0n) is 62.9. The third-order valence-electron chi connectivity index (χ3n) is 24.2. The standard InChI is InChI=1S/C105H69BN6O2Si2/c1-8-33-70(34-9-1)103-107-104(71-35-30-36-73(61-71)110-92-57-26-22-53-84(92)85-54-23-27-58-93(85)110)109-105(108-103)72-62-96-102-97(63-72)112(75-38-32-52-83(65-75)116(79-45-16-5-17-46-79,80-47-18-6-19-48-80)81-49-20-7-21-50-81)95-67-89-87-56-25-29-60-99(87)114-101(89)69-91(95)106(102)90-68-100-88(86-55-24-28-59-98(86)113-100)66-94(90)111(96)74-37-31-51-82(64-74)115(76-39-10-2-11-40-76,77-41-12-3-13-42-77)78-43-14-4-15-44-78/h1-69H. The molecule has 0 radical (unpaired) electrons. The molecule has 0 saturated carbocycles. The Balaban J connectivity index is 0.851. The Kier molecular flexibility index (Phi) is 15.6. The third-order valence-corrected chi connectivity index (χ3v) is 33.8. The van der Waals surface area contributed by atoms with E-state index < -0.39 is 22.9 Å². The van der Waals surface area contributed by atoms with Crippen LogP contribution in [0.15, 0.2) is 427 Å². The average molecular weight is 1510 g/mol. The van der Waals surface area contributed by atoms with Gasteiger partial charge in [0.15, 0.2) is 33.6 Å². The molecule has 0 fully saturated rings. The summed E-state index contributed by atoms with van der Waals surface area (Å²) in [5.74, 6) is 1.62. The van der Waals surface area contributed by atoms with Crippen molar-refractivity contribution in [2.45, 2.75) is 0 Å². The predicted octanol–water partition coefficient (Wildman–Crippen LogP) is 18.6. The molecule has 23 rings (SSSR count). The van der Waals surface area contributed by atoms with Crippen molar-refractivity contribution in [3.63, 3.8) is 0 Å². The van der Waals surface area contributed by atoms with Crippen LogP contribution < -0.4 is 67.7 Å². The lowest BCUT2D eigenvalue weighted by Gasteiger charge is -2.45. The molecular weight excluding hydrogens is 1440 g/mol. The summed E-state index contributed by atoms with van der Waals surface area (Å²) in [5.41, 5.74) is 18.3. The van der Waals surface area contributed by atoms with Gasteiger partial charge in [0, 0.05) is 88.8 Å². The normalized spacial score (nSPS) is 12.6. The van der Waals surface area contributed by atoms with E-state index in [-0.39, 0.29) is 0 Å². The summed E-state index contributed by atoms with van der Waals surface area (Å²) in [6, 6.07) is 154. The van der Waals surface area contributed by atoms with Gasteiger partial charge in [-0.3, -0.25) is 0 Å². The maximum atomic E-state index is 7.12. The lowest BCUT2D eigenvalue weighted by Crippen LogP contribution is -2.74. The van der Waals surface area contributed by atoms with Crippen molar-refractivity contribution in [3.05, 3.63) is 419 Å². The summed E-state index contributed by atoms with van der Waals surface area (Å²) < 4.78 is 16.6. The molecule has 4 aromatic heterocycles. The van der Waals surface area contributed by atoms with Crippen LogP contribution in [0.2, 0.25) is 0 Å². The minimum Gasteiger partial charge on any atom is -0.456 e. The number of hydrogen-bond donors (Lipinski definition) is 0. The van der Waals surface area contributed by atoms with Gasteiger partial charge in [0.1, 0.15) is 22.3 Å². The summed E-state index contributed by atoms with van der Waals surface area (Å²) in [5, 5.41) is 16.7. The topological polar surface area (TPSA) is 76.4 Å². The van der Waals surface area contributed by atoms with Gasteiger partial charge in [-0.1, -0.05) is 322 Å². The zero-order chi connectivity index (χ0) is 76.4. The highest BCUT2D eigenvalue weighted by molar-refractivity contribution is 7.20. The van der Waals surface area contributed by atoms with E-state index in [1.807, 2.05) is 6.07 Å². The molecule has 8 nitrogen and oxygen atoms in total. The summed E-state index contributed by atoms with van der Waals surface area (Å²) in [6.07, 6.45) is 0. The molecule has 17 aromatic carbocycles. The van der Waals surface area contributed by atoms with Crippen molar-refractivity contribution in [3.8, 4) is 39.9 Å². The van der Waals surface area contributed by atoms with Gasteiger partial charge in [0.2, 0.25) is 0 Å². The van der Waals surface area contributed by atoms with Crippen molar-refractivity contribution in [1.82, 2.24) is 19.5 Å². The first-order chi connectivity index (χ1) is 57.5. The summed E-state index contributed by atoms with van der Waals surface area (Å²) in [4.78, 5) is 22.2. The molecule has 11 heteroatoms. The quantitative estimate of drug-likeness (QED) is 0.0793. The maximum absolute atomic E-state index is 7.12. The van der Waals surface area contributed by atoms with Gasteiger partial charge in [-0.25, -0.2) is 15.0 Å². The van der Waals surface area contributed by atoms with Gasteiger partial charge < -0.3 is 23.2 Å². The largest absolute Gasteiger partial charge is 0.456 e. The number of nitrogens with zero attached hydrogens (tertiary/aromatic N) is 6. The molecule has 0 unspecified atom stereocenters. The van der Waals surface area contributed by atoms with Crippen LogP contribution in [0.5, 0.6) is 0 Å². The van der Waals surface area contributed by atoms with Crippen LogP contribution in [0, 0.1) is 0 Å². The molecule has 0 atom stereocenters. The number of aromatic nitrogens is 4. The Morgan fingerprint density at radius 2 is 0.552 bits per heavy atom. The van der Waals surface area contributed by atoms with Crippen LogP contribution in [0.25, 0.3) is 106 Å². The molecule has 0 aliphatic carbocycles. The summed E-state index contributed by atoms with van der Waals surface area (Å²) in [6.45, 7) is -0.400. The number of anilines is 6. The molecule has 542 valence electrons. The van der Waals surface area contributed by atoms with Crippen molar-refractivity contribution in [2.24, 2.45) is 0 Å². The number of benzene rings is 17. The van der Waals surface area contributed by atoms with Gasteiger partial charge in [0.25, 0.3) is 6.71 Å². The SMILES string of the molecule is c1ccc(-c2nc(-c3cccc(-n4c5ccccc5c5ccccc54)c3)nc(-c3cc4c5c(c3)N(c3cccc([Si](c6ccccc6)(c6ccccc6)c6ccccc6)c3)c3cc6c(cc3B5c3cc5oc7ccccc7c5cc3N4c3cccc([Si](c4ccccc4)(c4ccccc4)c4ccccc4)c3)oc3ccccc36)n2)cc1. The third kappa shape index (κ3) is 10.4. The van der Waals surface area contributed by atoms with Gasteiger partial charge in [-0.05, 0) is 155 Å². The van der Waals surface area contributed by atoms with Crippen LogP contribution in [0.1, 0.15) is 0 Å². The highest BCUT2D eigenvalue weighted by Crippen LogP contribution is 2.49. The highest BCUT2D eigenvalue weighted by Gasteiger charge is 2.48. The van der Waals surface area contributed by atoms with E-state index in [1.54, 1.807) is 0 Å². The van der Waals surface area contributed by atoms with Crippen LogP contribution in [0.4, 0.5) is 34.1 Å². The van der Waals surface area contributed by atoms with E-state index in [4.69, 9.17) is 23.8 Å². The van der Waals surface area contributed by atoms with Crippen molar-refractivity contribution < 1.29 is 8.83 Å². The van der Waals surface area contributed by atoms with Crippen LogP contribution >= 0.6 is 0 Å². The number of para-hydroxylation sites is 4. The first kappa shape index (κ1) is 67.0. The monoisotopic (exact) mass is 1510 g/mol. The minimum atomic E-state index is -3.18. The number of hydrogen-bond acceptors (Lipinski definition) is 7. The number of rotatable bonds is 14. The Labute approximate surface area is 672 Å². The van der Waals surface area contributed by atoms with Crippen LogP contribution in [-0.2, 0) is 0 Å². The van der Waals surface area contributed by atoms with E-state index in [2.05, 4.69) is 427 Å². The Hall–Kier alpha value is -14.8. The first-order valence-electron chi connectivity index (χ1n) is 39.6. The fourth-order valence-corrected chi connectivity index (χ4v) is 28.9. The Morgan fingerprint density at radius 1 is 0.224 bits per heavy atom. The van der Waals surface area contributed by atoms with Crippen LogP contribution in [0.3, 0.4) is 0 Å². The second kappa shape index (κ2) is 27.0. The molecule has 0 bridgehead atoms. The van der Waals surface area contributed by atoms with Gasteiger partial charge >= 0.3 is 0 Å². The molecule has 21 aromatic rings.